The molecule has 2 N–H and O–H groups in total. The van der Waals surface area contributed by atoms with E-state index in [-0.39, 0.29) is 0 Å². The van der Waals surface area contributed by atoms with E-state index in [1.807, 2.05) is 11.8 Å². The Balaban J connectivity index is 2.05. The van der Waals surface area contributed by atoms with Gasteiger partial charge in [0.2, 0.25) is 0 Å². The van der Waals surface area contributed by atoms with Gasteiger partial charge in [0.1, 0.15) is 0 Å². The van der Waals surface area contributed by atoms with Crippen LogP contribution in [0.4, 0.5) is 0 Å². The molecule has 1 aliphatic heterocycles. The summed E-state index contributed by atoms with van der Waals surface area (Å²) in [4.78, 5) is 0. The summed E-state index contributed by atoms with van der Waals surface area (Å²) in [6, 6.07) is 0.321. The van der Waals surface area contributed by atoms with Gasteiger partial charge in [-0.15, -0.1) is 0 Å². The third-order valence-electron chi connectivity index (χ3n) is 1.71. The van der Waals surface area contributed by atoms with Crippen molar-refractivity contribution in [1.82, 2.24) is 0 Å². The Morgan fingerprint density at radius 2 is 2.55 bits per heavy atom. The van der Waals surface area contributed by atoms with Crippen molar-refractivity contribution in [3.05, 3.63) is 0 Å². The summed E-state index contributed by atoms with van der Waals surface area (Å²) in [5.74, 6) is 1.06. The molecular weight excluding hydrogens is 158 g/mol. The van der Waals surface area contributed by atoms with Crippen LogP contribution in [0.1, 0.15) is 19.8 Å². The summed E-state index contributed by atoms with van der Waals surface area (Å²) in [5.41, 5.74) is 5.65. The molecule has 3 heteroatoms. The van der Waals surface area contributed by atoms with Gasteiger partial charge in [0, 0.05) is 23.7 Å². The molecule has 1 rings (SSSR count). The SMILES string of the molecule is CC(N)CSC1CCCOC1. The van der Waals surface area contributed by atoms with E-state index >= 15 is 0 Å². The highest BCUT2D eigenvalue weighted by molar-refractivity contribution is 7.99. The molecule has 11 heavy (non-hydrogen) atoms. The smallest absolute Gasteiger partial charge is 0.0585 e. The third kappa shape index (κ3) is 3.99. The first kappa shape index (κ1) is 9.36. The average Bonchev–Trinajstić information content (AvgIpc) is 2.03. The van der Waals surface area contributed by atoms with Crippen molar-refractivity contribution < 1.29 is 4.74 Å². The van der Waals surface area contributed by atoms with Crippen molar-refractivity contribution in [2.75, 3.05) is 19.0 Å². The quantitative estimate of drug-likeness (QED) is 0.701. The van der Waals surface area contributed by atoms with Gasteiger partial charge in [0.15, 0.2) is 0 Å². The topological polar surface area (TPSA) is 35.2 Å². The lowest BCUT2D eigenvalue weighted by Gasteiger charge is -2.22. The summed E-state index contributed by atoms with van der Waals surface area (Å²) in [6.07, 6.45) is 2.52. The van der Waals surface area contributed by atoms with E-state index in [9.17, 15) is 0 Å². The fourth-order valence-electron chi connectivity index (χ4n) is 1.13. The van der Waals surface area contributed by atoms with Gasteiger partial charge >= 0.3 is 0 Å². The standard InChI is InChI=1S/C8H17NOS/c1-7(9)6-11-8-3-2-4-10-5-8/h7-8H,2-6,9H2,1H3. The summed E-state index contributed by atoms with van der Waals surface area (Å²) in [6.45, 7) is 3.93. The zero-order chi connectivity index (χ0) is 8.10. The molecule has 66 valence electrons. The largest absolute Gasteiger partial charge is 0.380 e. The normalized spacial score (nSPS) is 28.4. The van der Waals surface area contributed by atoms with Gasteiger partial charge in [-0.25, -0.2) is 0 Å². The summed E-state index contributed by atoms with van der Waals surface area (Å²) < 4.78 is 5.35. The second kappa shape index (κ2) is 5.01. The highest BCUT2D eigenvalue weighted by Crippen LogP contribution is 2.20. The van der Waals surface area contributed by atoms with E-state index in [1.54, 1.807) is 0 Å². The lowest BCUT2D eigenvalue weighted by molar-refractivity contribution is 0.101. The number of hydrogen-bond acceptors (Lipinski definition) is 3. The van der Waals surface area contributed by atoms with Crippen LogP contribution in [-0.2, 0) is 4.74 Å². The van der Waals surface area contributed by atoms with Crippen molar-refractivity contribution in [3.8, 4) is 0 Å². The molecule has 0 aromatic carbocycles. The molecule has 0 aromatic heterocycles. The van der Waals surface area contributed by atoms with Crippen molar-refractivity contribution in [2.45, 2.75) is 31.1 Å². The van der Waals surface area contributed by atoms with E-state index in [4.69, 9.17) is 10.5 Å². The molecule has 1 heterocycles. The Labute approximate surface area is 72.9 Å². The Morgan fingerprint density at radius 1 is 1.73 bits per heavy atom. The molecule has 1 aliphatic rings. The monoisotopic (exact) mass is 175 g/mol. The maximum atomic E-state index is 5.65. The van der Waals surface area contributed by atoms with Crippen LogP contribution in [0, 0.1) is 0 Å². The number of thioether (sulfide) groups is 1. The molecule has 1 fully saturated rings. The summed E-state index contributed by atoms with van der Waals surface area (Å²) >= 11 is 1.96. The average molecular weight is 175 g/mol. The Hall–Kier alpha value is 0.270. The van der Waals surface area contributed by atoms with Crippen molar-refractivity contribution >= 4 is 11.8 Å². The second-order valence-corrected chi connectivity index (χ2v) is 4.48. The number of ether oxygens (including phenoxy) is 1. The second-order valence-electron chi connectivity index (χ2n) is 3.15. The molecule has 2 nitrogen and oxygen atoms in total. The number of rotatable bonds is 3. The molecular formula is C8H17NOS. The van der Waals surface area contributed by atoms with Crippen molar-refractivity contribution in [1.29, 1.82) is 0 Å². The highest BCUT2D eigenvalue weighted by atomic mass is 32.2. The molecule has 0 aromatic rings. The van der Waals surface area contributed by atoms with Gasteiger partial charge in [0.25, 0.3) is 0 Å². The number of hydrogen-bond donors (Lipinski definition) is 1. The minimum Gasteiger partial charge on any atom is -0.380 e. The van der Waals surface area contributed by atoms with Gasteiger partial charge in [-0.3, -0.25) is 0 Å². The first-order chi connectivity index (χ1) is 5.29. The minimum atomic E-state index is 0.321. The lowest BCUT2D eigenvalue weighted by atomic mass is 10.2. The molecule has 0 radical (unpaired) electrons. The number of nitrogens with two attached hydrogens (primary N) is 1. The predicted molar refractivity (Wildman–Crippen MR) is 49.9 cm³/mol. The minimum absolute atomic E-state index is 0.321. The maximum Gasteiger partial charge on any atom is 0.0585 e. The fourth-order valence-corrected chi connectivity index (χ4v) is 2.23. The molecule has 0 saturated carbocycles. The maximum absolute atomic E-state index is 5.65. The van der Waals surface area contributed by atoms with Crippen LogP contribution in [0.3, 0.4) is 0 Å². The zero-order valence-electron chi connectivity index (χ0n) is 7.08. The van der Waals surface area contributed by atoms with Gasteiger partial charge in [-0.1, -0.05) is 0 Å². The Bertz CT molecular complexity index is 102. The van der Waals surface area contributed by atoms with Crippen LogP contribution < -0.4 is 5.73 Å². The Kier molecular flexibility index (Phi) is 4.26. The zero-order valence-corrected chi connectivity index (χ0v) is 7.90. The van der Waals surface area contributed by atoms with Gasteiger partial charge in [-0.05, 0) is 19.8 Å². The molecule has 1 saturated heterocycles. The van der Waals surface area contributed by atoms with Gasteiger partial charge < -0.3 is 10.5 Å². The Morgan fingerprint density at radius 3 is 3.09 bits per heavy atom. The first-order valence-corrected chi connectivity index (χ1v) is 5.29. The predicted octanol–water partition coefficient (Wildman–Crippen LogP) is 1.25. The van der Waals surface area contributed by atoms with Crippen molar-refractivity contribution in [2.24, 2.45) is 5.73 Å². The molecule has 0 spiro atoms. The van der Waals surface area contributed by atoms with Gasteiger partial charge in [0.05, 0.1) is 6.61 Å². The van der Waals surface area contributed by atoms with Crippen LogP contribution in [0.15, 0.2) is 0 Å². The first-order valence-electron chi connectivity index (χ1n) is 4.24. The molecule has 0 amide bonds. The molecule has 0 aliphatic carbocycles. The lowest BCUT2D eigenvalue weighted by Crippen LogP contribution is -2.24. The van der Waals surface area contributed by atoms with E-state index < -0.39 is 0 Å². The highest BCUT2D eigenvalue weighted by Gasteiger charge is 2.14. The van der Waals surface area contributed by atoms with Crippen LogP contribution in [0.2, 0.25) is 0 Å². The van der Waals surface area contributed by atoms with Crippen molar-refractivity contribution in [3.63, 3.8) is 0 Å². The molecule has 2 atom stereocenters. The van der Waals surface area contributed by atoms with Crippen LogP contribution >= 0.6 is 11.8 Å². The van der Waals surface area contributed by atoms with Crippen LogP contribution in [0.5, 0.6) is 0 Å². The van der Waals surface area contributed by atoms with E-state index in [2.05, 4.69) is 6.92 Å². The van der Waals surface area contributed by atoms with Crippen LogP contribution in [0.25, 0.3) is 0 Å². The molecule has 2 unspecified atom stereocenters. The summed E-state index contributed by atoms with van der Waals surface area (Å²) in [7, 11) is 0. The fraction of sp³-hybridized carbons (Fsp3) is 1.00. The van der Waals surface area contributed by atoms with Gasteiger partial charge in [-0.2, -0.15) is 11.8 Å². The van der Waals surface area contributed by atoms with E-state index in [0.717, 1.165) is 19.0 Å². The summed E-state index contributed by atoms with van der Waals surface area (Å²) in [5, 5.41) is 0.703. The van der Waals surface area contributed by atoms with Crippen LogP contribution in [-0.4, -0.2) is 30.3 Å². The van der Waals surface area contributed by atoms with E-state index in [0.29, 0.717) is 11.3 Å². The third-order valence-corrected chi connectivity index (χ3v) is 3.27. The van der Waals surface area contributed by atoms with E-state index in [1.165, 1.54) is 12.8 Å². The molecule has 0 bridgehead atoms.